The van der Waals surface area contributed by atoms with Gasteiger partial charge in [-0.25, -0.2) is 4.98 Å². The zero-order valence-electron chi connectivity index (χ0n) is 32.3. The van der Waals surface area contributed by atoms with Crippen LogP contribution in [0.15, 0.2) is 54.7 Å². The van der Waals surface area contributed by atoms with Gasteiger partial charge in [0.15, 0.2) is 11.6 Å². The van der Waals surface area contributed by atoms with Crippen LogP contribution in [0.3, 0.4) is 0 Å². The van der Waals surface area contributed by atoms with Crippen molar-refractivity contribution in [3.05, 3.63) is 71.8 Å². The molecule has 0 spiro atoms. The number of Topliss-reactive ketones (excluding diaryl/α,β-unsaturated/α-hetero) is 2. The minimum Gasteiger partial charge on any atom is -0.391 e. The van der Waals surface area contributed by atoms with Gasteiger partial charge in [0.25, 0.3) is 0 Å². The summed E-state index contributed by atoms with van der Waals surface area (Å²) in [5.74, 6) is -3.54. The number of rotatable bonds is 20. The molecule has 53 heavy (non-hydrogen) atoms. The molecule has 7 atom stereocenters. The number of nitrogens with zero attached hydrogens (tertiary/aromatic N) is 3. The summed E-state index contributed by atoms with van der Waals surface area (Å²) in [7, 11) is 0. The van der Waals surface area contributed by atoms with Crippen molar-refractivity contribution >= 4 is 23.4 Å². The van der Waals surface area contributed by atoms with Crippen molar-refractivity contribution in [2.45, 2.75) is 110 Å². The number of imidazole rings is 1. The molecule has 1 aromatic carbocycles. The van der Waals surface area contributed by atoms with Crippen LogP contribution in [0.25, 0.3) is 11.4 Å². The van der Waals surface area contributed by atoms with Crippen molar-refractivity contribution in [1.29, 1.82) is 0 Å². The molecule has 1 unspecified atom stereocenters. The van der Waals surface area contributed by atoms with Gasteiger partial charge in [0.05, 0.1) is 36.0 Å². The van der Waals surface area contributed by atoms with Crippen LogP contribution in [0.4, 0.5) is 0 Å². The molecule has 0 saturated carbocycles. The molecule has 0 fully saturated rings. The first-order valence-electron chi connectivity index (χ1n) is 18.6. The average Bonchev–Trinajstić information content (AvgIpc) is 3.54. The van der Waals surface area contributed by atoms with Crippen LogP contribution in [-0.4, -0.2) is 84.7 Å². The lowest BCUT2D eigenvalue weighted by atomic mass is 9.84. The number of H-pyrrole nitrogens is 1. The second-order valence-electron chi connectivity index (χ2n) is 15.4. The molecule has 0 aliphatic heterocycles. The molecule has 0 radical (unpaired) electrons. The van der Waals surface area contributed by atoms with E-state index >= 15 is 0 Å². The summed E-state index contributed by atoms with van der Waals surface area (Å²) in [5.41, 5.74) is 25.8. The van der Waals surface area contributed by atoms with E-state index in [9.17, 15) is 24.3 Å². The summed E-state index contributed by atoms with van der Waals surface area (Å²) in [6.45, 7) is 12.2. The Bertz CT molecular complexity index is 1660. The number of carbonyl (C=O) groups excluding carboxylic acids is 4. The molecule has 2 aromatic heterocycles. The number of hydrogen-bond acceptors (Lipinski definition) is 11. The van der Waals surface area contributed by atoms with Crippen LogP contribution in [0, 0.1) is 23.7 Å². The van der Waals surface area contributed by atoms with Gasteiger partial charge in [-0.15, -0.1) is 0 Å². The summed E-state index contributed by atoms with van der Waals surface area (Å²) in [4.78, 5) is 69.1. The first kappa shape index (κ1) is 43.3. The quantitative estimate of drug-likeness (QED) is 0.0923. The molecule has 3 rings (SSSR count). The number of aromatic nitrogens is 3. The Kier molecular flexibility index (Phi) is 15.7. The minimum atomic E-state index is -1.80. The Hall–Kier alpha value is -4.14. The number of nitrogens with one attached hydrogen (secondary N) is 1. The summed E-state index contributed by atoms with van der Waals surface area (Å²) < 4.78 is 0. The Balaban J connectivity index is 2.04. The number of pyridine rings is 1. The Morgan fingerprint density at radius 1 is 0.943 bits per heavy atom. The van der Waals surface area contributed by atoms with E-state index in [1.807, 2.05) is 71.9 Å². The zero-order chi connectivity index (χ0) is 39.6. The van der Waals surface area contributed by atoms with Crippen molar-refractivity contribution in [3.63, 3.8) is 0 Å². The van der Waals surface area contributed by atoms with E-state index in [0.717, 1.165) is 10.5 Å². The van der Waals surface area contributed by atoms with E-state index in [1.165, 1.54) is 6.92 Å². The predicted octanol–water partition coefficient (Wildman–Crippen LogP) is 3.18. The third kappa shape index (κ3) is 11.7. The Labute approximate surface area is 313 Å². The highest BCUT2D eigenvalue weighted by atomic mass is 16.3. The monoisotopic (exact) mass is 732 g/mol. The van der Waals surface area contributed by atoms with Gasteiger partial charge in [-0.2, -0.15) is 0 Å². The molecule has 0 bridgehead atoms. The SMILES string of the molecule is CC[C@H](C)[C@H](N)C(=O)c1nc(-c2ccccn2)c(C[C@](C)(N)C(=O)N(CC(=O)[C@@H](N)Cc2ccccc2)C(=O)C(C[C@H](O)[C@@H](N)CC(C)C)C(C)C)[nH]1. The maximum atomic E-state index is 14.6. The van der Waals surface area contributed by atoms with Crippen molar-refractivity contribution in [2.24, 2.45) is 46.6 Å². The van der Waals surface area contributed by atoms with Gasteiger partial charge in [-0.1, -0.05) is 84.4 Å². The molecule has 290 valence electrons. The summed E-state index contributed by atoms with van der Waals surface area (Å²) >= 11 is 0. The van der Waals surface area contributed by atoms with Gasteiger partial charge in [-0.05, 0) is 61.6 Å². The van der Waals surface area contributed by atoms with Gasteiger partial charge in [0.2, 0.25) is 17.6 Å². The number of nitrogens with two attached hydrogens (primary N) is 4. The molecule has 2 amide bonds. The van der Waals surface area contributed by atoms with Crippen LogP contribution in [0.1, 0.15) is 89.6 Å². The second-order valence-corrected chi connectivity index (χ2v) is 15.4. The number of benzene rings is 1. The third-order valence-electron chi connectivity index (χ3n) is 9.90. The van der Waals surface area contributed by atoms with E-state index in [1.54, 1.807) is 24.4 Å². The van der Waals surface area contributed by atoms with Crippen LogP contribution in [0.2, 0.25) is 0 Å². The number of imide groups is 1. The molecular formula is C40H60N8O5. The fourth-order valence-corrected chi connectivity index (χ4v) is 6.29. The smallest absolute Gasteiger partial charge is 0.249 e. The molecule has 3 aromatic rings. The number of aliphatic hydroxyl groups excluding tert-OH is 1. The lowest BCUT2D eigenvalue weighted by molar-refractivity contribution is -0.154. The first-order chi connectivity index (χ1) is 24.9. The Morgan fingerprint density at radius 3 is 2.15 bits per heavy atom. The van der Waals surface area contributed by atoms with Crippen molar-refractivity contribution < 1.29 is 24.3 Å². The van der Waals surface area contributed by atoms with Gasteiger partial charge < -0.3 is 33.0 Å². The molecule has 0 aliphatic carbocycles. The summed E-state index contributed by atoms with van der Waals surface area (Å²) in [5, 5.41) is 11.1. The van der Waals surface area contributed by atoms with Crippen LogP contribution in [0.5, 0.6) is 0 Å². The van der Waals surface area contributed by atoms with Gasteiger partial charge >= 0.3 is 0 Å². The van der Waals surface area contributed by atoms with Crippen molar-refractivity contribution in [1.82, 2.24) is 19.9 Å². The lowest BCUT2D eigenvalue weighted by Crippen LogP contribution is -2.60. The number of aliphatic hydroxyl groups is 1. The van der Waals surface area contributed by atoms with Crippen LogP contribution >= 0.6 is 0 Å². The summed E-state index contributed by atoms with van der Waals surface area (Å²) in [6, 6.07) is 12.0. The van der Waals surface area contributed by atoms with Crippen LogP contribution < -0.4 is 22.9 Å². The average molecular weight is 733 g/mol. The van der Waals surface area contributed by atoms with E-state index < -0.39 is 65.6 Å². The maximum absolute atomic E-state index is 14.6. The second kappa shape index (κ2) is 19.3. The molecule has 10 N–H and O–H groups in total. The molecule has 0 saturated heterocycles. The van der Waals surface area contributed by atoms with Gasteiger partial charge in [-0.3, -0.25) is 29.1 Å². The van der Waals surface area contributed by atoms with Crippen molar-refractivity contribution in [3.8, 4) is 11.4 Å². The standard InChI is InChI=1S/C40H60N8O5/c1-8-25(6)34(43)36(51)37-46-31(35(47-37)30-16-12-13-17-45-30)21-40(7,44)39(53)48(22-33(50)29(42)19-26-14-10-9-11-15-26)38(52)27(24(4)5)20-32(49)28(41)18-23(2)3/h9-17,23-25,27-29,32,34,49H,8,18-22,41-44H2,1-7H3,(H,46,47)/t25-,27?,28-,29-,32-,34-,40-/m0/s1. The topological polar surface area (TPSA) is 237 Å². The lowest BCUT2D eigenvalue weighted by Gasteiger charge is -2.35. The highest BCUT2D eigenvalue weighted by molar-refractivity contribution is 6.04. The van der Waals surface area contributed by atoms with Gasteiger partial charge in [0, 0.05) is 30.3 Å². The van der Waals surface area contributed by atoms with E-state index in [2.05, 4.69) is 15.0 Å². The number of aromatic amines is 1. The molecule has 0 aliphatic rings. The highest BCUT2D eigenvalue weighted by Crippen LogP contribution is 2.28. The fraction of sp³-hybridized carbons (Fsp3) is 0.550. The molecule has 13 nitrogen and oxygen atoms in total. The van der Waals surface area contributed by atoms with E-state index in [0.29, 0.717) is 29.9 Å². The summed E-state index contributed by atoms with van der Waals surface area (Å²) in [6.07, 6.45) is 1.72. The largest absolute Gasteiger partial charge is 0.391 e. The minimum absolute atomic E-state index is 0.00158. The Morgan fingerprint density at radius 2 is 1.58 bits per heavy atom. The van der Waals surface area contributed by atoms with E-state index in [4.69, 9.17) is 22.9 Å². The van der Waals surface area contributed by atoms with E-state index in [-0.39, 0.29) is 42.8 Å². The predicted molar refractivity (Wildman–Crippen MR) is 206 cm³/mol. The number of amides is 2. The number of ketones is 2. The zero-order valence-corrected chi connectivity index (χ0v) is 32.3. The number of hydrogen-bond donors (Lipinski definition) is 6. The molecule has 13 heteroatoms. The third-order valence-corrected chi connectivity index (χ3v) is 9.90. The fourth-order valence-electron chi connectivity index (χ4n) is 6.29. The van der Waals surface area contributed by atoms with Crippen LogP contribution in [-0.2, 0) is 27.2 Å². The first-order valence-corrected chi connectivity index (χ1v) is 18.6. The molecule has 2 heterocycles. The molecular weight excluding hydrogens is 672 g/mol. The highest BCUT2D eigenvalue weighted by Gasteiger charge is 2.42. The van der Waals surface area contributed by atoms with Gasteiger partial charge in [0.1, 0.15) is 5.69 Å². The van der Waals surface area contributed by atoms with Crippen molar-refractivity contribution in [2.75, 3.05) is 6.54 Å². The normalized spacial score (nSPS) is 16.3. The maximum Gasteiger partial charge on any atom is 0.249 e. The number of carbonyl (C=O) groups is 4.